The third kappa shape index (κ3) is 4.40. The fourth-order valence-electron chi connectivity index (χ4n) is 4.40. The average Bonchev–Trinajstić information content (AvgIpc) is 3.56. The zero-order valence-electron chi connectivity index (χ0n) is 19.3. The van der Waals surface area contributed by atoms with Gasteiger partial charge in [0.1, 0.15) is 12.1 Å². The molecule has 1 amide bonds. The van der Waals surface area contributed by atoms with Crippen molar-refractivity contribution in [1.29, 1.82) is 0 Å². The third-order valence-electron chi connectivity index (χ3n) is 6.47. The number of nitrogens with zero attached hydrogens (tertiary/aromatic N) is 3. The molecule has 0 spiro atoms. The summed E-state index contributed by atoms with van der Waals surface area (Å²) in [4.78, 5) is 33.5. The topological polar surface area (TPSA) is 78.7 Å². The maximum Gasteiger partial charge on any atom is 0.277 e. The number of nitrogens with one attached hydrogen (secondary N) is 1. The van der Waals surface area contributed by atoms with Gasteiger partial charge in [-0.15, -0.1) is 0 Å². The maximum absolute atomic E-state index is 14.8. The number of halogens is 1. The summed E-state index contributed by atoms with van der Waals surface area (Å²) in [6.45, 7) is 6.19. The van der Waals surface area contributed by atoms with Crippen molar-refractivity contribution >= 4 is 28.8 Å². The number of anilines is 3. The maximum atomic E-state index is 14.8. The summed E-state index contributed by atoms with van der Waals surface area (Å²) in [5, 5.41) is 2.84. The van der Waals surface area contributed by atoms with Crippen LogP contribution < -0.4 is 15.1 Å². The second-order valence-corrected chi connectivity index (χ2v) is 8.97. The lowest BCUT2D eigenvalue weighted by Crippen LogP contribution is -2.47. The molecular weight excluding hydrogens is 435 g/mol. The summed E-state index contributed by atoms with van der Waals surface area (Å²) in [6.07, 6.45) is 3.37. The lowest BCUT2D eigenvalue weighted by molar-refractivity contribution is 0.100. The lowest BCUT2D eigenvalue weighted by Gasteiger charge is -2.38. The zero-order valence-corrected chi connectivity index (χ0v) is 19.3. The van der Waals surface area contributed by atoms with Gasteiger partial charge in [-0.1, -0.05) is 18.2 Å². The van der Waals surface area contributed by atoms with E-state index < -0.39 is 17.5 Å². The Morgan fingerprint density at radius 2 is 1.74 bits per heavy atom. The molecule has 0 radical (unpaired) electrons. The van der Waals surface area contributed by atoms with Crippen LogP contribution in [0.25, 0.3) is 0 Å². The Morgan fingerprint density at radius 3 is 2.38 bits per heavy atom. The Hall–Kier alpha value is -3.68. The van der Waals surface area contributed by atoms with E-state index in [1.54, 1.807) is 0 Å². The van der Waals surface area contributed by atoms with Gasteiger partial charge in [-0.3, -0.25) is 9.59 Å². The van der Waals surface area contributed by atoms with Crippen LogP contribution in [0.2, 0.25) is 0 Å². The van der Waals surface area contributed by atoms with Gasteiger partial charge in [-0.05, 0) is 44.4 Å². The molecule has 34 heavy (non-hydrogen) atoms. The normalized spacial score (nSPS) is 16.0. The van der Waals surface area contributed by atoms with Gasteiger partial charge in [0.25, 0.3) is 5.91 Å². The molecule has 1 aromatic heterocycles. The van der Waals surface area contributed by atoms with E-state index in [4.69, 9.17) is 4.42 Å². The molecule has 1 N–H and O–H groups in total. The van der Waals surface area contributed by atoms with E-state index >= 15 is 0 Å². The molecule has 0 unspecified atom stereocenters. The number of oxazole rings is 1. The number of ketones is 1. The van der Waals surface area contributed by atoms with Gasteiger partial charge in [0.15, 0.2) is 17.4 Å². The highest BCUT2D eigenvalue weighted by molar-refractivity contribution is 6.06. The van der Waals surface area contributed by atoms with Crippen molar-refractivity contribution in [2.24, 2.45) is 0 Å². The van der Waals surface area contributed by atoms with E-state index in [0.29, 0.717) is 30.4 Å². The molecule has 176 valence electrons. The Balaban J connectivity index is 1.39. The fourth-order valence-corrected chi connectivity index (χ4v) is 4.40. The number of carbonyl (C=O) groups excluding carboxylic acids is 2. The summed E-state index contributed by atoms with van der Waals surface area (Å²) in [7, 11) is 0. The monoisotopic (exact) mass is 462 g/mol. The molecule has 0 atom stereocenters. The van der Waals surface area contributed by atoms with Crippen molar-refractivity contribution in [3.8, 4) is 0 Å². The van der Waals surface area contributed by atoms with E-state index in [1.807, 2.05) is 17.0 Å². The molecule has 1 saturated carbocycles. The fraction of sp³-hybridized carbons (Fsp3) is 0.346. The lowest BCUT2D eigenvalue weighted by atomic mass is 10.1. The second kappa shape index (κ2) is 8.93. The van der Waals surface area contributed by atoms with Gasteiger partial charge < -0.3 is 19.5 Å². The summed E-state index contributed by atoms with van der Waals surface area (Å²) in [5.74, 6) is -0.588. The standard InChI is InChI=1S/C26H27FN4O3/c1-16-5-3-4-6-23(16)30-9-11-31(12-10-30)24-14-20(27)19(17(2)32)13-21(24)28-25(33)22-15-34-26(29-22)18-7-8-18/h3-6,13-15,18H,7-12H2,1-2H3,(H,28,33). The van der Waals surface area contributed by atoms with Crippen LogP contribution in [-0.4, -0.2) is 42.9 Å². The minimum atomic E-state index is -0.598. The molecule has 0 bridgehead atoms. The van der Waals surface area contributed by atoms with Gasteiger partial charge in [0, 0.05) is 43.9 Å². The number of hydrogen-bond acceptors (Lipinski definition) is 6. The summed E-state index contributed by atoms with van der Waals surface area (Å²) in [6, 6.07) is 11.0. The number of hydrogen-bond donors (Lipinski definition) is 1. The molecule has 8 heteroatoms. The molecule has 2 fully saturated rings. The Kier molecular flexibility index (Phi) is 5.81. The van der Waals surface area contributed by atoms with Crippen LogP contribution in [0.3, 0.4) is 0 Å². The van der Waals surface area contributed by atoms with Crippen molar-refractivity contribution in [2.75, 3.05) is 41.3 Å². The van der Waals surface area contributed by atoms with Crippen molar-refractivity contribution in [3.05, 3.63) is 71.2 Å². The largest absolute Gasteiger partial charge is 0.448 e. The SMILES string of the molecule is CC(=O)c1cc(NC(=O)c2coc(C3CC3)n2)c(N2CCN(c3ccccc3C)CC2)cc1F. The summed E-state index contributed by atoms with van der Waals surface area (Å²) < 4.78 is 20.2. The van der Waals surface area contributed by atoms with Crippen molar-refractivity contribution < 1.29 is 18.4 Å². The Bertz CT molecular complexity index is 1240. The highest BCUT2D eigenvalue weighted by atomic mass is 19.1. The van der Waals surface area contributed by atoms with Crippen LogP contribution in [0.4, 0.5) is 21.5 Å². The van der Waals surface area contributed by atoms with Gasteiger partial charge in [-0.25, -0.2) is 9.37 Å². The average molecular weight is 463 g/mol. The number of piperazine rings is 1. The van der Waals surface area contributed by atoms with Crippen LogP contribution in [0.5, 0.6) is 0 Å². The number of rotatable bonds is 6. The van der Waals surface area contributed by atoms with Crippen molar-refractivity contribution in [2.45, 2.75) is 32.6 Å². The van der Waals surface area contributed by atoms with E-state index in [2.05, 4.69) is 34.3 Å². The third-order valence-corrected chi connectivity index (χ3v) is 6.47. The molecule has 1 aliphatic carbocycles. The van der Waals surface area contributed by atoms with Crippen LogP contribution in [0, 0.1) is 12.7 Å². The smallest absolute Gasteiger partial charge is 0.277 e. The predicted octanol–water partition coefficient (Wildman–Crippen LogP) is 4.78. The van der Waals surface area contributed by atoms with Gasteiger partial charge in [0.05, 0.1) is 16.9 Å². The predicted molar refractivity (Wildman–Crippen MR) is 128 cm³/mol. The van der Waals surface area contributed by atoms with Gasteiger partial charge >= 0.3 is 0 Å². The number of Topliss-reactive ketones (excluding diaryl/α,β-unsaturated/α-hetero) is 1. The number of aromatic nitrogens is 1. The quantitative estimate of drug-likeness (QED) is 0.531. The molecule has 1 aliphatic heterocycles. The molecular formula is C26H27FN4O3. The number of carbonyl (C=O) groups is 2. The Labute approximate surface area is 197 Å². The number of aryl methyl sites for hydroxylation is 1. The van der Waals surface area contributed by atoms with Crippen LogP contribution in [0.15, 0.2) is 47.1 Å². The molecule has 2 aromatic carbocycles. The number of benzene rings is 2. The van der Waals surface area contributed by atoms with E-state index in [-0.39, 0.29) is 17.2 Å². The number of amides is 1. The molecule has 1 saturated heterocycles. The molecule has 2 aliphatic rings. The minimum Gasteiger partial charge on any atom is -0.448 e. The molecule has 2 heterocycles. The zero-order chi connectivity index (χ0) is 23.8. The first-order valence-corrected chi connectivity index (χ1v) is 11.6. The first kappa shape index (κ1) is 22.1. The van der Waals surface area contributed by atoms with Gasteiger partial charge in [0.2, 0.25) is 0 Å². The van der Waals surface area contributed by atoms with E-state index in [9.17, 15) is 14.0 Å². The summed E-state index contributed by atoms with van der Waals surface area (Å²) >= 11 is 0. The van der Waals surface area contributed by atoms with Crippen LogP contribution >= 0.6 is 0 Å². The molecule has 3 aromatic rings. The first-order chi connectivity index (χ1) is 16.4. The van der Waals surface area contributed by atoms with E-state index in [1.165, 1.54) is 36.6 Å². The Morgan fingerprint density at radius 1 is 1.06 bits per heavy atom. The molecule has 5 rings (SSSR count). The molecule has 7 nitrogen and oxygen atoms in total. The van der Waals surface area contributed by atoms with Crippen LogP contribution in [0.1, 0.15) is 58.0 Å². The highest BCUT2D eigenvalue weighted by Crippen LogP contribution is 2.39. The second-order valence-electron chi connectivity index (χ2n) is 8.97. The van der Waals surface area contributed by atoms with Crippen molar-refractivity contribution in [3.63, 3.8) is 0 Å². The number of para-hydroxylation sites is 1. The van der Waals surface area contributed by atoms with Crippen molar-refractivity contribution in [1.82, 2.24) is 4.98 Å². The van der Waals surface area contributed by atoms with E-state index in [0.717, 1.165) is 25.9 Å². The van der Waals surface area contributed by atoms with Gasteiger partial charge in [-0.2, -0.15) is 0 Å². The first-order valence-electron chi connectivity index (χ1n) is 11.6. The van der Waals surface area contributed by atoms with Crippen LogP contribution in [-0.2, 0) is 0 Å². The highest BCUT2D eigenvalue weighted by Gasteiger charge is 2.30. The summed E-state index contributed by atoms with van der Waals surface area (Å²) in [5.41, 5.74) is 3.44. The minimum absolute atomic E-state index is 0.0589.